The van der Waals surface area contributed by atoms with Crippen molar-refractivity contribution in [2.45, 2.75) is 6.92 Å². The molecule has 0 radical (unpaired) electrons. The molecule has 5 nitrogen and oxygen atoms in total. The molecule has 7 heteroatoms. The number of rotatable bonds is 4. The fourth-order valence-electron chi connectivity index (χ4n) is 2.85. The average Bonchev–Trinajstić information content (AvgIpc) is 3.14. The number of nitrogens with zero attached hydrogens (tertiary/aromatic N) is 2. The molecule has 0 bridgehead atoms. The van der Waals surface area contributed by atoms with Gasteiger partial charge in [-0.3, -0.25) is 10.3 Å². The molecule has 0 atom stereocenters. The van der Waals surface area contributed by atoms with E-state index in [1.165, 1.54) is 11.3 Å². The third kappa shape index (κ3) is 4.62. The number of urea groups is 1. The first-order valence-corrected chi connectivity index (χ1v) is 10.1. The zero-order chi connectivity index (χ0) is 20.2. The highest BCUT2D eigenvalue weighted by molar-refractivity contribution is 7.19. The normalized spacial score (nSPS) is 10.6. The van der Waals surface area contributed by atoms with E-state index < -0.39 is 0 Å². The molecule has 0 aliphatic carbocycles. The Labute approximate surface area is 177 Å². The molecule has 144 valence electrons. The monoisotopic (exact) mass is 420 g/mol. The number of hydrogen-bond donors (Lipinski definition) is 2. The number of aryl methyl sites for hydroxylation is 1. The molecule has 4 aromatic rings. The molecule has 2 heterocycles. The number of amides is 2. The van der Waals surface area contributed by atoms with Gasteiger partial charge in [0.05, 0.1) is 10.6 Å². The fraction of sp³-hybridized carbons (Fsp3) is 0.0455. The van der Waals surface area contributed by atoms with E-state index in [2.05, 4.69) is 21.7 Å². The zero-order valence-corrected chi connectivity index (χ0v) is 17.1. The average molecular weight is 421 g/mol. The lowest BCUT2D eigenvalue weighted by Crippen LogP contribution is -2.19. The van der Waals surface area contributed by atoms with Gasteiger partial charge in [0.25, 0.3) is 0 Å². The van der Waals surface area contributed by atoms with Crippen molar-refractivity contribution in [3.63, 3.8) is 0 Å². The summed E-state index contributed by atoms with van der Waals surface area (Å²) in [7, 11) is 0. The summed E-state index contributed by atoms with van der Waals surface area (Å²) < 4.78 is 0. The molecular formula is C22H17ClN4OS. The summed E-state index contributed by atoms with van der Waals surface area (Å²) in [6.45, 7) is 2.04. The van der Waals surface area contributed by atoms with Crippen LogP contribution in [-0.4, -0.2) is 16.0 Å². The third-order valence-corrected chi connectivity index (χ3v) is 5.46. The first-order chi connectivity index (χ1) is 14.1. The molecule has 29 heavy (non-hydrogen) atoms. The number of carbonyl (C=O) groups excluding carboxylic acids is 1. The van der Waals surface area contributed by atoms with Gasteiger partial charge in [-0.1, -0.05) is 46.7 Å². The zero-order valence-electron chi connectivity index (χ0n) is 15.5. The van der Waals surface area contributed by atoms with Crippen LogP contribution in [-0.2, 0) is 0 Å². The quantitative estimate of drug-likeness (QED) is 0.397. The number of halogens is 1. The van der Waals surface area contributed by atoms with E-state index in [0.717, 1.165) is 27.3 Å². The molecule has 2 amide bonds. The van der Waals surface area contributed by atoms with E-state index in [4.69, 9.17) is 16.6 Å². The third-order valence-electron chi connectivity index (χ3n) is 4.18. The molecule has 0 fully saturated rings. The van der Waals surface area contributed by atoms with Gasteiger partial charge in [0.2, 0.25) is 0 Å². The molecule has 0 aliphatic heterocycles. The van der Waals surface area contributed by atoms with Gasteiger partial charge in [0, 0.05) is 28.7 Å². The van der Waals surface area contributed by atoms with Crippen LogP contribution in [0.15, 0.2) is 73.1 Å². The number of thiazole rings is 1. The number of pyridine rings is 1. The summed E-state index contributed by atoms with van der Waals surface area (Å²) >= 11 is 7.31. The van der Waals surface area contributed by atoms with Crippen molar-refractivity contribution < 1.29 is 4.79 Å². The number of nitrogens with one attached hydrogen (secondary N) is 2. The van der Waals surface area contributed by atoms with Crippen LogP contribution in [0.25, 0.3) is 21.7 Å². The summed E-state index contributed by atoms with van der Waals surface area (Å²) in [4.78, 5) is 22.2. The van der Waals surface area contributed by atoms with Gasteiger partial charge in [0.1, 0.15) is 0 Å². The first kappa shape index (κ1) is 19.1. The number of anilines is 2. The lowest BCUT2D eigenvalue weighted by Gasteiger charge is -2.05. The first-order valence-electron chi connectivity index (χ1n) is 8.90. The molecule has 0 unspecified atom stereocenters. The van der Waals surface area contributed by atoms with Crippen molar-refractivity contribution in [3.8, 4) is 21.7 Å². The summed E-state index contributed by atoms with van der Waals surface area (Å²) in [6, 6.07) is 18.6. The lowest BCUT2D eigenvalue weighted by molar-refractivity contribution is 0.262. The topological polar surface area (TPSA) is 66.9 Å². The van der Waals surface area contributed by atoms with Gasteiger partial charge in [-0.05, 0) is 55.0 Å². The summed E-state index contributed by atoms with van der Waals surface area (Å²) in [5, 5.41) is 6.74. The summed E-state index contributed by atoms with van der Waals surface area (Å²) in [5.74, 6) is 0. The second-order valence-electron chi connectivity index (χ2n) is 6.39. The lowest BCUT2D eigenvalue weighted by atomic mass is 10.1. The minimum atomic E-state index is -0.363. The van der Waals surface area contributed by atoms with E-state index in [1.807, 2.05) is 37.3 Å². The Hall–Kier alpha value is -3.22. The van der Waals surface area contributed by atoms with E-state index in [1.54, 1.807) is 36.7 Å². The minimum absolute atomic E-state index is 0.363. The molecular weight excluding hydrogens is 404 g/mol. The van der Waals surface area contributed by atoms with E-state index in [-0.39, 0.29) is 6.03 Å². The molecule has 2 N–H and O–H groups in total. The Kier molecular flexibility index (Phi) is 5.55. The predicted octanol–water partition coefficient (Wildman–Crippen LogP) is 6.48. The fourth-order valence-corrected chi connectivity index (χ4v) is 3.97. The number of carbonyl (C=O) groups is 1. The molecule has 0 spiro atoms. The Morgan fingerprint density at radius 3 is 2.45 bits per heavy atom. The maximum atomic E-state index is 12.4. The molecule has 0 saturated carbocycles. The van der Waals surface area contributed by atoms with Crippen LogP contribution in [0.3, 0.4) is 0 Å². The smallest absolute Gasteiger partial charge is 0.308 e. The second-order valence-corrected chi connectivity index (χ2v) is 7.82. The van der Waals surface area contributed by atoms with E-state index >= 15 is 0 Å². The van der Waals surface area contributed by atoms with Crippen LogP contribution < -0.4 is 10.6 Å². The minimum Gasteiger partial charge on any atom is -0.308 e. The van der Waals surface area contributed by atoms with Crippen molar-refractivity contribution in [1.82, 2.24) is 9.97 Å². The van der Waals surface area contributed by atoms with E-state index in [0.29, 0.717) is 15.8 Å². The van der Waals surface area contributed by atoms with Gasteiger partial charge in [-0.15, -0.1) is 0 Å². The van der Waals surface area contributed by atoms with Crippen molar-refractivity contribution >= 4 is 39.8 Å². The maximum absolute atomic E-state index is 12.4. The van der Waals surface area contributed by atoms with Crippen molar-refractivity contribution in [2.24, 2.45) is 0 Å². The van der Waals surface area contributed by atoms with Gasteiger partial charge in [0.15, 0.2) is 5.13 Å². The molecule has 2 aromatic heterocycles. The highest BCUT2D eigenvalue weighted by Gasteiger charge is 2.16. The molecule has 0 saturated heterocycles. The Morgan fingerprint density at radius 2 is 1.72 bits per heavy atom. The van der Waals surface area contributed by atoms with Gasteiger partial charge in [-0.25, -0.2) is 9.78 Å². The summed E-state index contributed by atoms with van der Waals surface area (Å²) in [5.41, 5.74) is 4.62. The number of benzene rings is 2. The highest BCUT2D eigenvalue weighted by atomic mass is 35.5. The predicted molar refractivity (Wildman–Crippen MR) is 120 cm³/mol. The van der Waals surface area contributed by atoms with Gasteiger partial charge in [-0.2, -0.15) is 0 Å². The van der Waals surface area contributed by atoms with Crippen molar-refractivity contribution in [1.29, 1.82) is 0 Å². The van der Waals surface area contributed by atoms with Crippen LogP contribution in [0.2, 0.25) is 5.02 Å². The highest BCUT2D eigenvalue weighted by Crippen LogP contribution is 2.39. The SMILES string of the molecule is Cc1cccc(-c2nc(NC(=O)Nc3ccc(Cl)cc3)sc2-c2ccncc2)c1. The van der Waals surface area contributed by atoms with E-state index in [9.17, 15) is 4.79 Å². The molecule has 4 rings (SSSR count). The maximum Gasteiger partial charge on any atom is 0.325 e. The van der Waals surface area contributed by atoms with Crippen molar-refractivity contribution in [3.05, 3.63) is 83.6 Å². The van der Waals surface area contributed by atoms with Crippen LogP contribution in [0, 0.1) is 6.92 Å². The largest absolute Gasteiger partial charge is 0.325 e. The Balaban J connectivity index is 1.64. The van der Waals surface area contributed by atoms with Crippen LogP contribution >= 0.6 is 22.9 Å². The Morgan fingerprint density at radius 1 is 0.966 bits per heavy atom. The van der Waals surface area contributed by atoms with Gasteiger partial charge < -0.3 is 5.32 Å². The number of hydrogen-bond acceptors (Lipinski definition) is 4. The van der Waals surface area contributed by atoms with Crippen LogP contribution in [0.4, 0.5) is 15.6 Å². The number of aromatic nitrogens is 2. The van der Waals surface area contributed by atoms with Crippen LogP contribution in [0.5, 0.6) is 0 Å². The Bertz CT molecular complexity index is 1140. The molecule has 0 aliphatic rings. The standard InChI is InChI=1S/C22H17ClN4OS/c1-14-3-2-4-16(13-14)19-20(15-9-11-24-12-10-15)29-22(26-19)27-21(28)25-18-7-5-17(23)6-8-18/h2-13H,1H3,(H2,25,26,27,28). The van der Waals surface area contributed by atoms with Crippen LogP contribution in [0.1, 0.15) is 5.56 Å². The molecule has 2 aromatic carbocycles. The summed E-state index contributed by atoms with van der Waals surface area (Å²) in [6.07, 6.45) is 3.49. The van der Waals surface area contributed by atoms with Gasteiger partial charge >= 0.3 is 6.03 Å². The second kappa shape index (κ2) is 8.43. The van der Waals surface area contributed by atoms with Crippen molar-refractivity contribution in [2.75, 3.05) is 10.6 Å².